The summed E-state index contributed by atoms with van der Waals surface area (Å²) in [6.07, 6.45) is 9.13. The van der Waals surface area contributed by atoms with Gasteiger partial charge in [-0.2, -0.15) is 0 Å². The molecular formula is C10H18O2. The molecule has 0 radical (unpaired) electrons. The zero-order chi connectivity index (χ0) is 9.23. The smallest absolute Gasteiger partial charge is 0.180 e. The largest absolute Gasteiger partial charge is 0.388 e. The predicted octanol–water partition coefficient (Wildman–Crippen LogP) is 2.07. The Bertz CT molecular complexity index is 139. The van der Waals surface area contributed by atoms with Gasteiger partial charge < -0.3 is 5.11 Å². The Labute approximate surface area is 74.3 Å². The SMILES string of the molecule is CCCCCC/C=C/C(=O)CO. The minimum absolute atomic E-state index is 0.203. The van der Waals surface area contributed by atoms with Gasteiger partial charge in [0, 0.05) is 0 Å². The fourth-order valence-corrected chi connectivity index (χ4v) is 0.956. The maximum absolute atomic E-state index is 10.6. The van der Waals surface area contributed by atoms with Crippen molar-refractivity contribution in [3.63, 3.8) is 0 Å². The van der Waals surface area contributed by atoms with E-state index in [0.29, 0.717) is 0 Å². The Morgan fingerprint density at radius 2 is 2.08 bits per heavy atom. The molecule has 0 aliphatic carbocycles. The molecule has 70 valence electrons. The summed E-state index contributed by atoms with van der Waals surface area (Å²) >= 11 is 0. The van der Waals surface area contributed by atoms with Gasteiger partial charge in [0.2, 0.25) is 0 Å². The average molecular weight is 170 g/mol. The van der Waals surface area contributed by atoms with Gasteiger partial charge in [-0.25, -0.2) is 0 Å². The molecule has 0 atom stereocenters. The van der Waals surface area contributed by atoms with Crippen LogP contribution >= 0.6 is 0 Å². The van der Waals surface area contributed by atoms with Gasteiger partial charge >= 0.3 is 0 Å². The van der Waals surface area contributed by atoms with Crippen molar-refractivity contribution in [2.45, 2.75) is 39.0 Å². The molecule has 0 amide bonds. The molecule has 12 heavy (non-hydrogen) atoms. The Kier molecular flexibility index (Phi) is 8.02. The van der Waals surface area contributed by atoms with Crippen LogP contribution in [-0.2, 0) is 4.79 Å². The second-order valence-electron chi connectivity index (χ2n) is 2.88. The van der Waals surface area contributed by atoms with Crippen LogP contribution in [0.5, 0.6) is 0 Å². The van der Waals surface area contributed by atoms with Crippen molar-refractivity contribution < 1.29 is 9.90 Å². The van der Waals surface area contributed by atoms with Gasteiger partial charge in [0.25, 0.3) is 0 Å². The van der Waals surface area contributed by atoms with E-state index in [0.717, 1.165) is 12.8 Å². The zero-order valence-corrected chi connectivity index (χ0v) is 7.75. The van der Waals surface area contributed by atoms with E-state index in [4.69, 9.17) is 5.11 Å². The summed E-state index contributed by atoms with van der Waals surface area (Å²) in [5.74, 6) is -0.203. The first kappa shape index (κ1) is 11.4. The van der Waals surface area contributed by atoms with E-state index in [1.807, 2.05) is 6.08 Å². The Morgan fingerprint density at radius 3 is 2.67 bits per heavy atom. The normalized spacial score (nSPS) is 10.8. The third kappa shape index (κ3) is 7.48. The summed E-state index contributed by atoms with van der Waals surface area (Å²) in [7, 11) is 0. The molecule has 1 N–H and O–H groups in total. The van der Waals surface area contributed by atoms with Crippen molar-refractivity contribution >= 4 is 5.78 Å². The molecule has 0 aromatic rings. The first-order chi connectivity index (χ1) is 5.81. The van der Waals surface area contributed by atoms with Crippen LogP contribution in [0, 0.1) is 0 Å². The van der Waals surface area contributed by atoms with Crippen LogP contribution in [0.25, 0.3) is 0 Å². The van der Waals surface area contributed by atoms with Crippen molar-refractivity contribution in [3.8, 4) is 0 Å². The van der Waals surface area contributed by atoms with Crippen molar-refractivity contribution in [1.29, 1.82) is 0 Å². The molecule has 2 heteroatoms. The van der Waals surface area contributed by atoms with Crippen LogP contribution < -0.4 is 0 Å². The van der Waals surface area contributed by atoms with Gasteiger partial charge in [0.05, 0.1) is 0 Å². The molecule has 0 aliphatic rings. The standard InChI is InChI=1S/C10H18O2/c1-2-3-4-5-6-7-8-10(12)9-11/h7-8,11H,2-6,9H2,1H3/b8-7+. The fourth-order valence-electron chi connectivity index (χ4n) is 0.956. The number of aliphatic hydroxyl groups excluding tert-OH is 1. The fraction of sp³-hybridized carbons (Fsp3) is 0.700. The molecule has 0 saturated heterocycles. The molecule has 0 aromatic heterocycles. The third-order valence-electron chi connectivity index (χ3n) is 1.68. The second kappa shape index (κ2) is 8.47. The lowest BCUT2D eigenvalue weighted by atomic mass is 10.1. The van der Waals surface area contributed by atoms with Gasteiger partial charge in [0.15, 0.2) is 5.78 Å². The first-order valence-electron chi connectivity index (χ1n) is 4.61. The molecule has 0 saturated carbocycles. The topological polar surface area (TPSA) is 37.3 Å². The number of rotatable bonds is 7. The minimum atomic E-state index is -0.370. The highest BCUT2D eigenvalue weighted by Crippen LogP contribution is 2.02. The van der Waals surface area contributed by atoms with E-state index in [1.165, 1.54) is 25.3 Å². The number of carbonyl (C=O) groups is 1. The number of aliphatic hydroxyl groups is 1. The Hall–Kier alpha value is -0.630. The van der Waals surface area contributed by atoms with Gasteiger partial charge in [-0.15, -0.1) is 0 Å². The van der Waals surface area contributed by atoms with E-state index in [1.54, 1.807) is 0 Å². The highest BCUT2D eigenvalue weighted by molar-refractivity contribution is 5.90. The number of carbonyl (C=O) groups excluding carboxylic acids is 1. The monoisotopic (exact) mass is 170 g/mol. The van der Waals surface area contributed by atoms with E-state index >= 15 is 0 Å². The number of allylic oxidation sites excluding steroid dienone is 1. The average Bonchev–Trinajstić information content (AvgIpc) is 2.10. The molecule has 0 spiro atoms. The summed E-state index contributed by atoms with van der Waals surface area (Å²) in [6, 6.07) is 0. The van der Waals surface area contributed by atoms with E-state index in [2.05, 4.69) is 6.92 Å². The Balaban J connectivity index is 3.18. The molecule has 0 aliphatic heterocycles. The predicted molar refractivity (Wildman–Crippen MR) is 50.0 cm³/mol. The van der Waals surface area contributed by atoms with Crippen LogP contribution in [0.1, 0.15) is 39.0 Å². The van der Waals surface area contributed by atoms with Crippen LogP contribution in [0.4, 0.5) is 0 Å². The number of ketones is 1. The number of hydrogen-bond donors (Lipinski definition) is 1. The molecule has 0 fully saturated rings. The van der Waals surface area contributed by atoms with Crippen molar-refractivity contribution in [3.05, 3.63) is 12.2 Å². The first-order valence-corrected chi connectivity index (χ1v) is 4.61. The van der Waals surface area contributed by atoms with E-state index < -0.39 is 0 Å². The number of hydrogen-bond acceptors (Lipinski definition) is 2. The third-order valence-corrected chi connectivity index (χ3v) is 1.68. The number of unbranched alkanes of at least 4 members (excludes halogenated alkanes) is 4. The lowest BCUT2D eigenvalue weighted by molar-refractivity contribution is -0.117. The Morgan fingerprint density at radius 1 is 1.33 bits per heavy atom. The quantitative estimate of drug-likeness (QED) is 0.469. The highest BCUT2D eigenvalue weighted by atomic mass is 16.3. The van der Waals surface area contributed by atoms with Crippen LogP contribution in [0.15, 0.2) is 12.2 Å². The van der Waals surface area contributed by atoms with Gasteiger partial charge in [-0.05, 0) is 18.9 Å². The maximum Gasteiger partial charge on any atom is 0.180 e. The lowest BCUT2D eigenvalue weighted by Gasteiger charge is -1.93. The summed E-state index contributed by atoms with van der Waals surface area (Å²) in [6.45, 7) is 1.80. The maximum atomic E-state index is 10.6. The molecule has 0 rings (SSSR count). The van der Waals surface area contributed by atoms with Crippen molar-refractivity contribution in [2.75, 3.05) is 6.61 Å². The van der Waals surface area contributed by atoms with Crippen LogP contribution in [-0.4, -0.2) is 17.5 Å². The minimum Gasteiger partial charge on any atom is -0.388 e. The van der Waals surface area contributed by atoms with Gasteiger partial charge in [-0.3, -0.25) is 4.79 Å². The molecule has 0 aromatic carbocycles. The molecule has 0 bridgehead atoms. The van der Waals surface area contributed by atoms with Gasteiger partial charge in [-0.1, -0.05) is 32.3 Å². The molecule has 0 unspecified atom stereocenters. The van der Waals surface area contributed by atoms with Crippen molar-refractivity contribution in [1.82, 2.24) is 0 Å². The highest BCUT2D eigenvalue weighted by Gasteiger charge is 1.89. The van der Waals surface area contributed by atoms with Crippen LogP contribution in [0.3, 0.4) is 0 Å². The molecule has 0 heterocycles. The van der Waals surface area contributed by atoms with Gasteiger partial charge in [0.1, 0.15) is 6.61 Å². The molecule has 2 nitrogen and oxygen atoms in total. The summed E-state index contributed by atoms with van der Waals surface area (Å²) in [5, 5.41) is 8.37. The summed E-state index contributed by atoms with van der Waals surface area (Å²) in [4.78, 5) is 10.6. The van der Waals surface area contributed by atoms with Crippen LogP contribution in [0.2, 0.25) is 0 Å². The second-order valence-corrected chi connectivity index (χ2v) is 2.88. The lowest BCUT2D eigenvalue weighted by Crippen LogP contribution is -1.97. The molecular weight excluding hydrogens is 152 g/mol. The van der Waals surface area contributed by atoms with Crippen molar-refractivity contribution in [2.24, 2.45) is 0 Å². The zero-order valence-electron chi connectivity index (χ0n) is 7.75. The van der Waals surface area contributed by atoms with E-state index in [-0.39, 0.29) is 12.4 Å². The summed E-state index contributed by atoms with van der Waals surface area (Å²) in [5.41, 5.74) is 0. The van der Waals surface area contributed by atoms with E-state index in [9.17, 15) is 4.79 Å². The summed E-state index contributed by atoms with van der Waals surface area (Å²) < 4.78 is 0.